The molecule has 0 atom stereocenters. The second-order valence-electron chi connectivity index (χ2n) is 6.27. The van der Waals surface area contributed by atoms with E-state index in [-0.39, 0.29) is 11.2 Å². The van der Waals surface area contributed by atoms with Crippen molar-refractivity contribution in [2.75, 3.05) is 19.8 Å². The zero-order chi connectivity index (χ0) is 11.8. The molecule has 2 aliphatic carbocycles. The van der Waals surface area contributed by atoms with Crippen LogP contribution in [-0.2, 0) is 9.47 Å². The third kappa shape index (κ3) is 2.25. The molecule has 98 valence electrons. The molecule has 1 spiro atoms. The van der Waals surface area contributed by atoms with E-state index in [1.165, 1.54) is 25.7 Å². The predicted octanol–water partition coefficient (Wildman–Crippen LogP) is 2.47. The van der Waals surface area contributed by atoms with Crippen molar-refractivity contribution >= 4 is 0 Å². The summed E-state index contributed by atoms with van der Waals surface area (Å²) < 4.78 is 11.5. The van der Waals surface area contributed by atoms with Crippen molar-refractivity contribution in [2.24, 2.45) is 11.3 Å². The lowest BCUT2D eigenvalue weighted by Gasteiger charge is -2.45. The van der Waals surface area contributed by atoms with Crippen LogP contribution in [0.4, 0.5) is 0 Å². The van der Waals surface area contributed by atoms with Crippen molar-refractivity contribution in [1.29, 1.82) is 0 Å². The molecule has 0 aromatic rings. The summed E-state index contributed by atoms with van der Waals surface area (Å²) in [6, 6.07) is 0. The summed E-state index contributed by atoms with van der Waals surface area (Å²) in [6.07, 6.45) is 9.45. The van der Waals surface area contributed by atoms with Crippen molar-refractivity contribution < 1.29 is 14.6 Å². The normalized spacial score (nSPS) is 31.6. The van der Waals surface area contributed by atoms with E-state index in [0.717, 1.165) is 44.8 Å². The molecule has 1 aliphatic heterocycles. The minimum absolute atomic E-state index is 0.172. The summed E-state index contributed by atoms with van der Waals surface area (Å²) in [6.45, 7) is 1.84. The first-order valence-electron chi connectivity index (χ1n) is 7.15. The monoisotopic (exact) mass is 240 g/mol. The fourth-order valence-electron chi connectivity index (χ4n) is 3.68. The van der Waals surface area contributed by atoms with Crippen molar-refractivity contribution in [3.8, 4) is 0 Å². The summed E-state index contributed by atoms with van der Waals surface area (Å²) in [5.74, 6) is 0.597. The van der Waals surface area contributed by atoms with Crippen LogP contribution in [0.25, 0.3) is 0 Å². The van der Waals surface area contributed by atoms with Crippen LogP contribution in [0, 0.1) is 11.3 Å². The van der Waals surface area contributed by atoms with Gasteiger partial charge in [-0.1, -0.05) is 19.3 Å². The number of aliphatic hydroxyl groups excluding tert-OH is 1. The van der Waals surface area contributed by atoms with Crippen LogP contribution in [0.3, 0.4) is 0 Å². The van der Waals surface area contributed by atoms with Crippen molar-refractivity contribution in [3.63, 3.8) is 0 Å². The predicted molar refractivity (Wildman–Crippen MR) is 64.6 cm³/mol. The highest BCUT2D eigenvalue weighted by Gasteiger charge is 2.46. The first-order valence-corrected chi connectivity index (χ1v) is 7.15. The van der Waals surface area contributed by atoms with Gasteiger partial charge in [0, 0.05) is 19.4 Å². The van der Waals surface area contributed by atoms with E-state index in [0.29, 0.717) is 6.61 Å². The molecule has 0 bridgehead atoms. The molecular formula is C14H24O3. The van der Waals surface area contributed by atoms with E-state index in [1.807, 2.05) is 0 Å². The maximum absolute atomic E-state index is 9.76. The molecular weight excluding hydrogens is 216 g/mol. The van der Waals surface area contributed by atoms with Gasteiger partial charge in [0.1, 0.15) is 0 Å². The Morgan fingerprint density at radius 1 is 1.00 bits per heavy atom. The smallest absolute Gasteiger partial charge is 0.168 e. The number of hydrogen-bond donors (Lipinski definition) is 1. The van der Waals surface area contributed by atoms with E-state index in [4.69, 9.17) is 9.47 Å². The lowest BCUT2D eigenvalue weighted by atomic mass is 9.64. The van der Waals surface area contributed by atoms with Crippen molar-refractivity contribution in [1.82, 2.24) is 0 Å². The van der Waals surface area contributed by atoms with Crippen LogP contribution in [-0.4, -0.2) is 30.7 Å². The summed E-state index contributed by atoms with van der Waals surface area (Å²) in [5.41, 5.74) is 0.172. The molecule has 3 aliphatic rings. The van der Waals surface area contributed by atoms with Crippen molar-refractivity contribution in [2.45, 2.75) is 57.2 Å². The van der Waals surface area contributed by atoms with Crippen LogP contribution < -0.4 is 0 Å². The van der Waals surface area contributed by atoms with Crippen LogP contribution in [0.2, 0.25) is 0 Å². The molecule has 0 radical (unpaired) electrons. The van der Waals surface area contributed by atoms with Gasteiger partial charge >= 0.3 is 0 Å². The Morgan fingerprint density at radius 2 is 1.65 bits per heavy atom. The third-order valence-electron chi connectivity index (χ3n) is 5.17. The highest BCUT2D eigenvalue weighted by Crippen LogP contribution is 2.49. The molecule has 3 nitrogen and oxygen atoms in total. The highest BCUT2D eigenvalue weighted by molar-refractivity contribution is 4.93. The second-order valence-corrected chi connectivity index (χ2v) is 6.27. The van der Waals surface area contributed by atoms with Gasteiger partial charge in [0.15, 0.2) is 5.79 Å². The lowest BCUT2D eigenvalue weighted by Crippen LogP contribution is -2.43. The zero-order valence-corrected chi connectivity index (χ0v) is 10.6. The minimum atomic E-state index is -0.279. The lowest BCUT2D eigenvalue weighted by molar-refractivity contribution is -0.197. The van der Waals surface area contributed by atoms with E-state index >= 15 is 0 Å². The maximum atomic E-state index is 9.76. The Bertz CT molecular complexity index is 257. The fraction of sp³-hybridized carbons (Fsp3) is 1.00. The number of hydrogen-bond acceptors (Lipinski definition) is 3. The van der Waals surface area contributed by atoms with Gasteiger partial charge in [0.05, 0.1) is 13.2 Å². The summed E-state index contributed by atoms with van der Waals surface area (Å²) in [4.78, 5) is 0. The highest BCUT2D eigenvalue weighted by atomic mass is 16.7. The van der Waals surface area contributed by atoms with Gasteiger partial charge in [-0.3, -0.25) is 0 Å². The first-order chi connectivity index (χ1) is 8.26. The van der Waals surface area contributed by atoms with Gasteiger partial charge in [0.2, 0.25) is 0 Å². The van der Waals surface area contributed by atoms with Crippen LogP contribution in [0.15, 0.2) is 0 Å². The molecule has 0 aromatic carbocycles. The van der Waals surface area contributed by atoms with E-state index in [1.54, 1.807) is 0 Å². The number of aliphatic hydroxyl groups is 1. The Labute approximate surface area is 103 Å². The van der Waals surface area contributed by atoms with Gasteiger partial charge in [-0.05, 0) is 30.6 Å². The molecule has 0 aromatic heterocycles. The Hall–Kier alpha value is -0.120. The number of ether oxygens (including phenoxy) is 2. The van der Waals surface area contributed by atoms with E-state index < -0.39 is 0 Å². The Kier molecular flexibility index (Phi) is 3.18. The first kappa shape index (κ1) is 11.9. The maximum Gasteiger partial charge on any atom is 0.168 e. The van der Waals surface area contributed by atoms with Crippen LogP contribution in [0.1, 0.15) is 51.4 Å². The number of rotatable bonds is 3. The molecule has 0 unspecified atom stereocenters. The van der Waals surface area contributed by atoms with E-state index in [2.05, 4.69) is 0 Å². The van der Waals surface area contributed by atoms with Gasteiger partial charge in [0.25, 0.3) is 0 Å². The minimum Gasteiger partial charge on any atom is -0.396 e. The molecule has 2 saturated carbocycles. The standard InChI is InChI=1S/C14H24O3/c15-11-13(10-12-2-1-3-12)4-6-14(7-5-13)16-8-9-17-14/h12,15H,1-11H2. The summed E-state index contributed by atoms with van der Waals surface area (Å²) in [7, 11) is 0. The van der Waals surface area contributed by atoms with Gasteiger partial charge in [-0.2, -0.15) is 0 Å². The molecule has 0 amide bonds. The summed E-state index contributed by atoms with van der Waals surface area (Å²) in [5, 5.41) is 9.76. The quantitative estimate of drug-likeness (QED) is 0.823. The van der Waals surface area contributed by atoms with E-state index in [9.17, 15) is 5.11 Å². The Balaban J connectivity index is 1.59. The topological polar surface area (TPSA) is 38.7 Å². The van der Waals surface area contributed by atoms with Gasteiger partial charge in [-0.25, -0.2) is 0 Å². The summed E-state index contributed by atoms with van der Waals surface area (Å²) >= 11 is 0. The molecule has 17 heavy (non-hydrogen) atoms. The fourth-order valence-corrected chi connectivity index (χ4v) is 3.68. The Morgan fingerprint density at radius 3 is 2.12 bits per heavy atom. The largest absolute Gasteiger partial charge is 0.396 e. The van der Waals surface area contributed by atoms with Crippen LogP contribution >= 0.6 is 0 Å². The molecule has 1 N–H and O–H groups in total. The van der Waals surface area contributed by atoms with Gasteiger partial charge in [-0.15, -0.1) is 0 Å². The molecule has 3 rings (SSSR count). The zero-order valence-electron chi connectivity index (χ0n) is 10.6. The average Bonchev–Trinajstić information content (AvgIpc) is 2.76. The van der Waals surface area contributed by atoms with Crippen LogP contribution in [0.5, 0.6) is 0 Å². The third-order valence-corrected chi connectivity index (χ3v) is 5.17. The molecule has 1 heterocycles. The van der Waals surface area contributed by atoms with Crippen molar-refractivity contribution in [3.05, 3.63) is 0 Å². The average molecular weight is 240 g/mol. The molecule has 3 fully saturated rings. The second kappa shape index (κ2) is 4.52. The van der Waals surface area contributed by atoms with Gasteiger partial charge < -0.3 is 14.6 Å². The molecule has 1 saturated heterocycles. The SMILES string of the molecule is OCC1(CC2CCC2)CCC2(CC1)OCCO2. The molecule has 3 heteroatoms.